The van der Waals surface area contributed by atoms with E-state index in [4.69, 9.17) is 19.6 Å². The number of benzene rings is 3. The van der Waals surface area contributed by atoms with Crippen LogP contribution in [0.1, 0.15) is 16.7 Å². The van der Waals surface area contributed by atoms with Crippen LogP contribution in [0.2, 0.25) is 0 Å². The zero-order chi connectivity index (χ0) is 22.7. The lowest BCUT2D eigenvalue weighted by atomic mass is 9.97. The van der Waals surface area contributed by atoms with Gasteiger partial charge in [0.1, 0.15) is 29.6 Å². The lowest BCUT2D eigenvalue weighted by molar-refractivity contribution is -0.139. The molecule has 0 aliphatic rings. The summed E-state index contributed by atoms with van der Waals surface area (Å²) in [5.74, 6) is -1.22. The molecule has 0 saturated carbocycles. The number of carbonyl (C=O) groups excluding carboxylic acids is 1. The van der Waals surface area contributed by atoms with Crippen molar-refractivity contribution in [2.24, 2.45) is 5.73 Å². The topological polar surface area (TPSA) is 74.7 Å². The summed E-state index contributed by atoms with van der Waals surface area (Å²) in [5, 5.41) is 0.611. The first-order chi connectivity index (χ1) is 15.5. The fourth-order valence-electron chi connectivity index (χ4n) is 3.60. The molecule has 2 N–H and O–H groups in total. The van der Waals surface area contributed by atoms with E-state index in [-0.39, 0.29) is 47.4 Å². The van der Waals surface area contributed by atoms with Crippen molar-refractivity contribution in [3.05, 3.63) is 89.2 Å². The first-order valence-corrected chi connectivity index (χ1v) is 9.97. The summed E-state index contributed by atoms with van der Waals surface area (Å²) < 4.78 is 46.7. The molecule has 0 saturated heterocycles. The summed E-state index contributed by atoms with van der Waals surface area (Å²) in [4.78, 5) is 11.7. The van der Waals surface area contributed by atoms with Gasteiger partial charge in [0.15, 0.2) is 0 Å². The van der Waals surface area contributed by atoms with Crippen molar-refractivity contribution in [2.75, 3.05) is 7.11 Å². The maximum Gasteiger partial charge on any atom is 0.310 e. The number of hydrogen-bond acceptors (Lipinski definition) is 5. The molecule has 0 aliphatic carbocycles. The highest BCUT2D eigenvalue weighted by Gasteiger charge is 2.22. The Kier molecular flexibility index (Phi) is 6.18. The van der Waals surface area contributed by atoms with Gasteiger partial charge in [-0.25, -0.2) is 8.78 Å². The number of para-hydroxylation sites is 1. The number of furan rings is 1. The Labute approximate surface area is 183 Å². The number of esters is 1. The minimum Gasteiger partial charge on any atom is -0.488 e. The largest absolute Gasteiger partial charge is 0.488 e. The molecule has 0 radical (unpaired) electrons. The van der Waals surface area contributed by atoms with Crippen LogP contribution in [0.15, 0.2) is 65.3 Å². The van der Waals surface area contributed by atoms with E-state index >= 15 is 4.39 Å². The molecule has 0 fully saturated rings. The van der Waals surface area contributed by atoms with Crippen LogP contribution in [0.4, 0.5) is 8.78 Å². The molecule has 0 amide bonds. The number of halogens is 2. The van der Waals surface area contributed by atoms with Crippen molar-refractivity contribution < 1.29 is 27.5 Å². The first-order valence-electron chi connectivity index (χ1n) is 9.97. The Hall–Kier alpha value is -3.71. The van der Waals surface area contributed by atoms with Gasteiger partial charge < -0.3 is 19.6 Å². The van der Waals surface area contributed by atoms with Crippen LogP contribution >= 0.6 is 0 Å². The molecule has 1 heterocycles. The third kappa shape index (κ3) is 4.07. The van der Waals surface area contributed by atoms with Crippen LogP contribution in [0.25, 0.3) is 22.1 Å². The molecule has 3 aromatic carbocycles. The average molecular weight is 437 g/mol. The molecule has 0 bridgehead atoms. The van der Waals surface area contributed by atoms with Gasteiger partial charge >= 0.3 is 5.97 Å². The summed E-state index contributed by atoms with van der Waals surface area (Å²) in [6.45, 7) is -0.140. The summed E-state index contributed by atoms with van der Waals surface area (Å²) in [6.07, 6.45) is 1.45. The van der Waals surface area contributed by atoms with E-state index in [0.717, 1.165) is 0 Å². The lowest BCUT2D eigenvalue weighted by Crippen LogP contribution is -2.08. The first kappa shape index (κ1) is 21.5. The van der Waals surface area contributed by atoms with Crippen LogP contribution in [-0.2, 0) is 29.1 Å². The van der Waals surface area contributed by atoms with Gasteiger partial charge in [0.05, 0.1) is 25.4 Å². The smallest absolute Gasteiger partial charge is 0.310 e. The van der Waals surface area contributed by atoms with Crippen LogP contribution in [-0.4, -0.2) is 13.1 Å². The van der Waals surface area contributed by atoms with E-state index in [1.54, 1.807) is 48.5 Å². The number of rotatable bonds is 7. The molecule has 7 heteroatoms. The van der Waals surface area contributed by atoms with Crippen molar-refractivity contribution in [1.29, 1.82) is 0 Å². The third-order valence-electron chi connectivity index (χ3n) is 5.24. The van der Waals surface area contributed by atoms with E-state index < -0.39 is 17.6 Å². The SMILES string of the molecule is COC(=O)Cc1ccccc1OCc1cc2ccoc2c(-c2cccc(CN)c2F)c1F. The summed E-state index contributed by atoms with van der Waals surface area (Å²) >= 11 is 0. The van der Waals surface area contributed by atoms with Gasteiger partial charge in [-0.15, -0.1) is 0 Å². The van der Waals surface area contributed by atoms with E-state index in [1.807, 2.05) is 0 Å². The Bertz CT molecular complexity index is 1280. The number of carbonyl (C=O) groups is 1. The third-order valence-corrected chi connectivity index (χ3v) is 5.24. The number of hydrogen-bond donors (Lipinski definition) is 1. The van der Waals surface area contributed by atoms with E-state index in [2.05, 4.69) is 0 Å². The summed E-state index contributed by atoms with van der Waals surface area (Å²) in [7, 11) is 1.31. The van der Waals surface area contributed by atoms with Gasteiger partial charge in [0.25, 0.3) is 0 Å². The van der Waals surface area contributed by atoms with Crippen molar-refractivity contribution in [2.45, 2.75) is 19.6 Å². The van der Waals surface area contributed by atoms with Crippen LogP contribution in [0.5, 0.6) is 5.75 Å². The quantitative estimate of drug-likeness (QED) is 0.406. The molecule has 4 aromatic rings. The predicted molar refractivity (Wildman–Crippen MR) is 116 cm³/mol. The number of fused-ring (bicyclic) bond motifs is 1. The van der Waals surface area contributed by atoms with Gasteiger partial charge in [-0.1, -0.05) is 36.4 Å². The highest BCUT2D eigenvalue weighted by Crippen LogP contribution is 2.37. The molecule has 0 unspecified atom stereocenters. The minimum absolute atomic E-state index is 0.0115. The predicted octanol–water partition coefficient (Wildman–Crippen LogP) is 5.13. The van der Waals surface area contributed by atoms with Crippen molar-refractivity contribution in [1.82, 2.24) is 0 Å². The molecule has 4 rings (SSSR count). The number of methoxy groups -OCH3 is 1. The second-order valence-corrected chi connectivity index (χ2v) is 7.20. The van der Waals surface area contributed by atoms with Gasteiger partial charge in [-0.3, -0.25) is 4.79 Å². The Morgan fingerprint density at radius 1 is 1.00 bits per heavy atom. The Balaban J connectivity index is 1.74. The monoisotopic (exact) mass is 437 g/mol. The molecule has 0 atom stereocenters. The summed E-state index contributed by atoms with van der Waals surface area (Å²) in [5.41, 5.74) is 7.06. The zero-order valence-electron chi connectivity index (χ0n) is 17.4. The standard InChI is InChI=1S/C25H21F2NO4/c1-30-21(29)12-15-5-2-3-8-20(15)32-14-18-11-16-9-10-31-25(16)22(24(18)27)19-7-4-6-17(13-28)23(19)26/h2-11H,12-14,28H2,1H3. The van der Waals surface area contributed by atoms with Crippen molar-refractivity contribution in [3.8, 4) is 16.9 Å². The van der Waals surface area contributed by atoms with Gasteiger partial charge in [-0.05, 0) is 18.2 Å². The van der Waals surface area contributed by atoms with Crippen molar-refractivity contribution >= 4 is 16.9 Å². The van der Waals surface area contributed by atoms with E-state index in [9.17, 15) is 9.18 Å². The van der Waals surface area contributed by atoms with Crippen molar-refractivity contribution in [3.63, 3.8) is 0 Å². The average Bonchev–Trinajstić information content (AvgIpc) is 3.27. The second kappa shape index (κ2) is 9.20. The normalized spacial score (nSPS) is 11.0. The van der Waals surface area contributed by atoms with Crippen LogP contribution in [0, 0.1) is 11.6 Å². The molecule has 0 aliphatic heterocycles. The molecule has 1 aromatic heterocycles. The maximum atomic E-state index is 15.6. The van der Waals surface area contributed by atoms with Crippen LogP contribution in [0.3, 0.4) is 0 Å². The molecule has 32 heavy (non-hydrogen) atoms. The van der Waals surface area contributed by atoms with Crippen LogP contribution < -0.4 is 10.5 Å². The molecule has 5 nitrogen and oxygen atoms in total. The maximum absolute atomic E-state index is 15.6. The molecular formula is C25H21F2NO4. The molecule has 164 valence electrons. The molecule has 0 spiro atoms. The van der Waals surface area contributed by atoms with Gasteiger partial charge in [-0.2, -0.15) is 0 Å². The minimum atomic E-state index is -0.647. The Morgan fingerprint density at radius 2 is 1.78 bits per heavy atom. The Morgan fingerprint density at radius 3 is 2.56 bits per heavy atom. The van der Waals surface area contributed by atoms with Gasteiger partial charge in [0.2, 0.25) is 0 Å². The number of ether oxygens (including phenoxy) is 2. The van der Waals surface area contributed by atoms with E-state index in [1.165, 1.54) is 19.4 Å². The fraction of sp³-hybridized carbons (Fsp3) is 0.160. The molecular weight excluding hydrogens is 416 g/mol. The summed E-state index contributed by atoms with van der Waals surface area (Å²) in [6, 6.07) is 14.9. The highest BCUT2D eigenvalue weighted by molar-refractivity contribution is 5.94. The highest BCUT2D eigenvalue weighted by atomic mass is 19.1. The second-order valence-electron chi connectivity index (χ2n) is 7.20. The fourth-order valence-corrected chi connectivity index (χ4v) is 3.60. The zero-order valence-corrected chi connectivity index (χ0v) is 17.4. The lowest BCUT2D eigenvalue weighted by Gasteiger charge is -2.14. The van der Waals surface area contributed by atoms with Gasteiger partial charge in [0, 0.05) is 34.2 Å². The number of nitrogens with two attached hydrogens (primary N) is 1. The van der Waals surface area contributed by atoms with E-state index in [0.29, 0.717) is 16.7 Å².